The molecule has 0 aliphatic heterocycles. The Kier molecular flexibility index (Phi) is 6.47. The molecule has 0 aromatic heterocycles. The SMILES string of the molecule is CC(CC#N)N(C)C(=O)NCC1(C(=O)O)CCCCCC1. The van der Waals surface area contributed by atoms with Gasteiger partial charge in [0.15, 0.2) is 0 Å². The highest BCUT2D eigenvalue weighted by Crippen LogP contribution is 2.34. The maximum atomic E-state index is 12.1. The number of carboxylic acid groups (broad SMARTS) is 1. The summed E-state index contributed by atoms with van der Waals surface area (Å²) in [5, 5.41) is 20.9. The van der Waals surface area contributed by atoms with Gasteiger partial charge in [-0.25, -0.2) is 4.79 Å². The fourth-order valence-corrected chi connectivity index (χ4v) is 2.71. The molecule has 6 heteroatoms. The molecule has 1 saturated carbocycles. The van der Waals surface area contributed by atoms with Crippen molar-refractivity contribution in [2.45, 2.75) is 57.9 Å². The lowest BCUT2D eigenvalue weighted by Crippen LogP contribution is -2.48. The van der Waals surface area contributed by atoms with Gasteiger partial charge in [-0.3, -0.25) is 4.79 Å². The Balaban J connectivity index is 2.63. The molecule has 0 saturated heterocycles. The van der Waals surface area contributed by atoms with E-state index in [2.05, 4.69) is 5.32 Å². The maximum absolute atomic E-state index is 12.1. The standard InChI is InChI=1S/C15H25N3O3/c1-12(7-10-16)18(2)14(21)17-11-15(13(19)20)8-5-3-4-6-9-15/h12H,3-9,11H2,1-2H3,(H,17,21)(H,19,20). The molecule has 0 spiro atoms. The summed E-state index contributed by atoms with van der Waals surface area (Å²) in [5.41, 5.74) is -0.842. The fraction of sp³-hybridized carbons (Fsp3) is 0.800. The normalized spacial score (nSPS) is 18.9. The van der Waals surface area contributed by atoms with Crippen molar-refractivity contribution < 1.29 is 14.7 Å². The molecular weight excluding hydrogens is 270 g/mol. The van der Waals surface area contributed by atoms with Gasteiger partial charge in [-0.1, -0.05) is 25.7 Å². The van der Waals surface area contributed by atoms with Crippen molar-refractivity contribution in [3.8, 4) is 6.07 Å². The second-order valence-corrected chi connectivity index (χ2v) is 5.98. The number of hydrogen-bond donors (Lipinski definition) is 2. The first-order valence-electron chi connectivity index (χ1n) is 7.54. The van der Waals surface area contributed by atoms with Crippen LogP contribution >= 0.6 is 0 Å². The largest absolute Gasteiger partial charge is 0.481 e. The average molecular weight is 295 g/mol. The number of nitrogens with zero attached hydrogens (tertiary/aromatic N) is 2. The average Bonchev–Trinajstić information content (AvgIpc) is 2.70. The molecule has 2 amide bonds. The molecule has 1 aliphatic rings. The van der Waals surface area contributed by atoms with Crippen molar-refractivity contribution in [1.82, 2.24) is 10.2 Å². The number of rotatable bonds is 5. The molecule has 1 unspecified atom stereocenters. The van der Waals surface area contributed by atoms with Crippen molar-refractivity contribution in [1.29, 1.82) is 5.26 Å². The van der Waals surface area contributed by atoms with Crippen LogP contribution in [0.15, 0.2) is 0 Å². The van der Waals surface area contributed by atoms with Gasteiger partial charge in [0.2, 0.25) is 0 Å². The molecule has 0 bridgehead atoms. The monoisotopic (exact) mass is 295 g/mol. The Morgan fingerprint density at radius 3 is 2.38 bits per heavy atom. The molecule has 0 radical (unpaired) electrons. The van der Waals surface area contributed by atoms with Gasteiger partial charge in [-0.2, -0.15) is 5.26 Å². The molecule has 6 nitrogen and oxygen atoms in total. The van der Waals surface area contributed by atoms with E-state index in [-0.39, 0.29) is 25.0 Å². The van der Waals surface area contributed by atoms with E-state index < -0.39 is 11.4 Å². The quantitative estimate of drug-likeness (QED) is 0.761. The Labute approximate surface area is 126 Å². The van der Waals surface area contributed by atoms with Crippen LogP contribution in [0.2, 0.25) is 0 Å². The van der Waals surface area contributed by atoms with E-state index >= 15 is 0 Å². The first-order chi connectivity index (χ1) is 9.93. The van der Waals surface area contributed by atoms with Crippen molar-refractivity contribution in [3.63, 3.8) is 0 Å². The third-order valence-electron chi connectivity index (χ3n) is 4.46. The number of aliphatic carboxylic acids is 1. The van der Waals surface area contributed by atoms with Crippen LogP contribution in [0.4, 0.5) is 4.79 Å². The van der Waals surface area contributed by atoms with Gasteiger partial charge in [0, 0.05) is 19.6 Å². The second kappa shape index (κ2) is 7.87. The minimum Gasteiger partial charge on any atom is -0.481 e. The van der Waals surface area contributed by atoms with Gasteiger partial charge in [-0.05, 0) is 19.8 Å². The Morgan fingerprint density at radius 1 is 1.33 bits per heavy atom. The molecule has 1 aliphatic carbocycles. The van der Waals surface area contributed by atoms with Gasteiger partial charge in [0.25, 0.3) is 0 Å². The zero-order chi connectivity index (χ0) is 15.9. The first kappa shape index (κ1) is 17.3. The van der Waals surface area contributed by atoms with E-state index in [4.69, 9.17) is 5.26 Å². The number of nitriles is 1. The lowest BCUT2D eigenvalue weighted by atomic mass is 9.80. The summed E-state index contributed by atoms with van der Waals surface area (Å²) >= 11 is 0. The number of nitrogens with one attached hydrogen (secondary N) is 1. The number of urea groups is 1. The van der Waals surface area contributed by atoms with Crippen molar-refractivity contribution in [2.75, 3.05) is 13.6 Å². The summed E-state index contributed by atoms with van der Waals surface area (Å²) in [6.07, 6.45) is 5.38. The predicted octanol–water partition coefficient (Wildman–Crippen LogP) is 2.36. The third-order valence-corrected chi connectivity index (χ3v) is 4.46. The number of amides is 2. The topological polar surface area (TPSA) is 93.4 Å². The van der Waals surface area contributed by atoms with E-state index in [0.717, 1.165) is 25.7 Å². The van der Waals surface area contributed by atoms with Crippen molar-refractivity contribution in [2.24, 2.45) is 5.41 Å². The minimum atomic E-state index is -0.842. The molecule has 1 rings (SSSR count). The van der Waals surface area contributed by atoms with E-state index in [1.54, 1.807) is 14.0 Å². The summed E-state index contributed by atoms with van der Waals surface area (Å²) < 4.78 is 0. The molecule has 1 fully saturated rings. The van der Waals surface area contributed by atoms with E-state index in [1.807, 2.05) is 6.07 Å². The molecule has 21 heavy (non-hydrogen) atoms. The molecule has 0 aromatic rings. The van der Waals surface area contributed by atoms with Crippen LogP contribution in [0.1, 0.15) is 51.9 Å². The summed E-state index contributed by atoms with van der Waals surface area (Å²) in [4.78, 5) is 25.2. The van der Waals surface area contributed by atoms with Crippen LogP contribution in [0.5, 0.6) is 0 Å². The lowest BCUT2D eigenvalue weighted by Gasteiger charge is -2.30. The van der Waals surface area contributed by atoms with Crippen LogP contribution < -0.4 is 5.32 Å². The van der Waals surface area contributed by atoms with Crippen LogP contribution in [0.3, 0.4) is 0 Å². The predicted molar refractivity (Wildman–Crippen MR) is 78.6 cm³/mol. The Morgan fingerprint density at radius 2 is 1.90 bits per heavy atom. The van der Waals surface area contributed by atoms with E-state index in [1.165, 1.54) is 4.90 Å². The fourth-order valence-electron chi connectivity index (χ4n) is 2.71. The highest BCUT2D eigenvalue weighted by atomic mass is 16.4. The second-order valence-electron chi connectivity index (χ2n) is 5.98. The summed E-state index contributed by atoms with van der Waals surface area (Å²) in [5.74, 6) is -0.822. The van der Waals surface area contributed by atoms with E-state index in [0.29, 0.717) is 12.8 Å². The van der Waals surface area contributed by atoms with Gasteiger partial charge in [-0.15, -0.1) is 0 Å². The maximum Gasteiger partial charge on any atom is 0.317 e. The number of carbonyl (C=O) groups excluding carboxylic acids is 1. The van der Waals surface area contributed by atoms with Crippen LogP contribution in [0, 0.1) is 16.7 Å². The molecule has 118 valence electrons. The summed E-state index contributed by atoms with van der Waals surface area (Å²) in [7, 11) is 1.62. The minimum absolute atomic E-state index is 0.158. The van der Waals surface area contributed by atoms with Crippen LogP contribution in [0.25, 0.3) is 0 Å². The van der Waals surface area contributed by atoms with Crippen molar-refractivity contribution >= 4 is 12.0 Å². The molecule has 0 aromatic carbocycles. The van der Waals surface area contributed by atoms with Gasteiger partial charge in [0.05, 0.1) is 17.9 Å². The van der Waals surface area contributed by atoms with Gasteiger partial charge < -0.3 is 15.3 Å². The Bertz CT molecular complexity index is 409. The zero-order valence-corrected chi connectivity index (χ0v) is 12.9. The first-order valence-corrected chi connectivity index (χ1v) is 7.54. The Hall–Kier alpha value is -1.77. The summed E-state index contributed by atoms with van der Waals surface area (Å²) in [6.45, 7) is 1.95. The van der Waals surface area contributed by atoms with Crippen LogP contribution in [-0.4, -0.2) is 41.6 Å². The number of carbonyl (C=O) groups is 2. The van der Waals surface area contributed by atoms with E-state index in [9.17, 15) is 14.7 Å². The summed E-state index contributed by atoms with van der Waals surface area (Å²) in [6, 6.07) is 1.52. The highest BCUT2D eigenvalue weighted by molar-refractivity contribution is 5.78. The number of hydrogen-bond acceptors (Lipinski definition) is 3. The smallest absolute Gasteiger partial charge is 0.317 e. The third kappa shape index (κ3) is 4.62. The molecule has 2 N–H and O–H groups in total. The molecule has 1 atom stereocenters. The molecule has 0 heterocycles. The zero-order valence-electron chi connectivity index (χ0n) is 12.9. The van der Waals surface area contributed by atoms with Crippen molar-refractivity contribution in [3.05, 3.63) is 0 Å². The number of carboxylic acids is 1. The van der Waals surface area contributed by atoms with Crippen LogP contribution in [-0.2, 0) is 4.79 Å². The van der Waals surface area contributed by atoms with Gasteiger partial charge >= 0.3 is 12.0 Å². The molecular formula is C15H25N3O3. The highest BCUT2D eigenvalue weighted by Gasteiger charge is 2.39. The lowest BCUT2D eigenvalue weighted by molar-refractivity contribution is -0.149. The van der Waals surface area contributed by atoms with Gasteiger partial charge in [0.1, 0.15) is 0 Å².